The number of rotatable bonds is 5. The summed E-state index contributed by atoms with van der Waals surface area (Å²) < 4.78 is 5.56. The summed E-state index contributed by atoms with van der Waals surface area (Å²) in [5.74, 6) is 2.07. The number of hydrogen-bond donors (Lipinski definition) is 2. The molecule has 21 heavy (non-hydrogen) atoms. The molecule has 0 spiro atoms. The molecule has 7 nitrogen and oxygen atoms in total. The Morgan fingerprint density at radius 3 is 3.14 bits per heavy atom. The second-order valence-electron chi connectivity index (χ2n) is 5.47. The zero-order valence-corrected chi connectivity index (χ0v) is 12.6. The number of imidazole rings is 1. The number of aromatic nitrogens is 4. The van der Waals surface area contributed by atoms with Crippen molar-refractivity contribution in [2.75, 3.05) is 43.6 Å². The van der Waals surface area contributed by atoms with Gasteiger partial charge in [0.15, 0.2) is 11.5 Å². The average molecular weight is 290 g/mol. The van der Waals surface area contributed by atoms with Gasteiger partial charge in [0.25, 0.3) is 0 Å². The van der Waals surface area contributed by atoms with E-state index in [-0.39, 0.29) is 0 Å². The molecule has 1 atom stereocenters. The Labute approximate surface area is 124 Å². The maximum atomic E-state index is 5.56. The third-order valence-corrected chi connectivity index (χ3v) is 3.75. The van der Waals surface area contributed by atoms with Crippen molar-refractivity contribution in [3.63, 3.8) is 0 Å². The predicted octanol–water partition coefficient (Wildman–Crippen LogP) is 1.65. The van der Waals surface area contributed by atoms with Crippen molar-refractivity contribution in [2.24, 2.45) is 5.92 Å². The van der Waals surface area contributed by atoms with Gasteiger partial charge in [0, 0.05) is 26.7 Å². The highest BCUT2D eigenvalue weighted by Gasteiger charge is 2.19. The molecule has 0 aliphatic carbocycles. The monoisotopic (exact) mass is 290 g/mol. The van der Waals surface area contributed by atoms with Crippen LogP contribution < -0.4 is 10.2 Å². The molecule has 2 aromatic rings. The summed E-state index contributed by atoms with van der Waals surface area (Å²) in [5, 5.41) is 3.16. The maximum Gasteiger partial charge on any atom is 0.226 e. The quantitative estimate of drug-likeness (QED) is 0.871. The third-order valence-electron chi connectivity index (χ3n) is 3.75. The summed E-state index contributed by atoms with van der Waals surface area (Å²) in [5.41, 5.74) is 1.58. The standard InChI is InChI=1S/C14H22N6O/c1-3-15-14-18-12-11(16-9-17-12)13(19-14)20(2)7-10-5-4-6-21-8-10/h9-10H,3-8H2,1-2H3,(H2,15,16,17,18,19). The van der Waals surface area contributed by atoms with Crippen molar-refractivity contribution in [3.8, 4) is 0 Å². The highest BCUT2D eigenvalue weighted by Crippen LogP contribution is 2.24. The van der Waals surface area contributed by atoms with E-state index in [1.165, 1.54) is 6.42 Å². The first-order valence-corrected chi connectivity index (χ1v) is 7.51. The van der Waals surface area contributed by atoms with Crippen LogP contribution >= 0.6 is 0 Å². The second-order valence-corrected chi connectivity index (χ2v) is 5.47. The first-order valence-electron chi connectivity index (χ1n) is 7.51. The second kappa shape index (κ2) is 6.26. The number of fused-ring (bicyclic) bond motifs is 1. The van der Waals surface area contributed by atoms with Gasteiger partial charge in [-0.25, -0.2) is 4.98 Å². The van der Waals surface area contributed by atoms with Gasteiger partial charge in [-0.1, -0.05) is 0 Å². The van der Waals surface area contributed by atoms with Crippen molar-refractivity contribution >= 4 is 22.9 Å². The first kappa shape index (κ1) is 14.1. The van der Waals surface area contributed by atoms with Crippen molar-refractivity contribution in [3.05, 3.63) is 6.33 Å². The molecule has 1 fully saturated rings. The Morgan fingerprint density at radius 1 is 1.48 bits per heavy atom. The summed E-state index contributed by atoms with van der Waals surface area (Å²) in [4.78, 5) is 18.6. The SMILES string of the molecule is CCNc1nc(N(C)CC2CCCOC2)c2[nH]cnc2n1. The summed E-state index contributed by atoms with van der Waals surface area (Å²) >= 11 is 0. The van der Waals surface area contributed by atoms with Crippen LogP contribution in [0.2, 0.25) is 0 Å². The van der Waals surface area contributed by atoms with Crippen molar-refractivity contribution in [1.29, 1.82) is 0 Å². The van der Waals surface area contributed by atoms with Crippen LogP contribution in [-0.2, 0) is 4.74 Å². The number of nitrogens with zero attached hydrogens (tertiary/aromatic N) is 4. The van der Waals surface area contributed by atoms with Crippen molar-refractivity contribution < 1.29 is 4.74 Å². The van der Waals surface area contributed by atoms with E-state index in [2.05, 4.69) is 37.2 Å². The van der Waals surface area contributed by atoms with Gasteiger partial charge in [-0.3, -0.25) is 0 Å². The third kappa shape index (κ3) is 3.07. The fourth-order valence-corrected chi connectivity index (χ4v) is 2.76. The van der Waals surface area contributed by atoms with Gasteiger partial charge in [0.1, 0.15) is 5.52 Å². The van der Waals surface area contributed by atoms with Gasteiger partial charge < -0.3 is 19.9 Å². The van der Waals surface area contributed by atoms with Gasteiger partial charge in [0.2, 0.25) is 5.95 Å². The molecular formula is C14H22N6O. The van der Waals surface area contributed by atoms with Gasteiger partial charge in [-0.05, 0) is 25.7 Å². The van der Waals surface area contributed by atoms with Crippen LogP contribution in [0, 0.1) is 5.92 Å². The minimum absolute atomic E-state index is 0.555. The fourth-order valence-electron chi connectivity index (χ4n) is 2.76. The van der Waals surface area contributed by atoms with E-state index >= 15 is 0 Å². The molecule has 1 aliphatic heterocycles. The van der Waals surface area contributed by atoms with E-state index in [1.807, 2.05) is 6.92 Å². The fraction of sp³-hybridized carbons (Fsp3) is 0.643. The Balaban J connectivity index is 1.84. The molecule has 0 amide bonds. The smallest absolute Gasteiger partial charge is 0.226 e. The summed E-state index contributed by atoms with van der Waals surface area (Å²) in [6.45, 7) is 5.47. The number of anilines is 2. The molecule has 7 heteroatoms. The van der Waals surface area contributed by atoms with E-state index in [1.54, 1.807) is 6.33 Å². The van der Waals surface area contributed by atoms with E-state index in [0.717, 1.165) is 44.1 Å². The molecule has 0 bridgehead atoms. The lowest BCUT2D eigenvalue weighted by molar-refractivity contribution is 0.0576. The molecule has 1 unspecified atom stereocenters. The zero-order chi connectivity index (χ0) is 14.7. The van der Waals surface area contributed by atoms with Gasteiger partial charge >= 0.3 is 0 Å². The largest absolute Gasteiger partial charge is 0.381 e. The highest BCUT2D eigenvalue weighted by molar-refractivity contribution is 5.84. The molecule has 2 N–H and O–H groups in total. The number of aromatic amines is 1. The van der Waals surface area contributed by atoms with E-state index in [9.17, 15) is 0 Å². The zero-order valence-electron chi connectivity index (χ0n) is 12.6. The highest BCUT2D eigenvalue weighted by atomic mass is 16.5. The number of H-pyrrole nitrogens is 1. The molecule has 3 heterocycles. The van der Waals surface area contributed by atoms with Crippen LogP contribution in [0.25, 0.3) is 11.2 Å². The molecule has 0 aromatic carbocycles. The predicted molar refractivity (Wildman–Crippen MR) is 82.7 cm³/mol. The van der Waals surface area contributed by atoms with Crippen LogP contribution in [-0.4, -0.2) is 53.3 Å². The topological polar surface area (TPSA) is 79.0 Å². The molecule has 0 saturated carbocycles. The first-order chi connectivity index (χ1) is 10.3. The Kier molecular flexibility index (Phi) is 4.19. The summed E-state index contributed by atoms with van der Waals surface area (Å²) in [7, 11) is 2.06. The van der Waals surface area contributed by atoms with Gasteiger partial charge in [-0.15, -0.1) is 0 Å². The summed E-state index contributed by atoms with van der Waals surface area (Å²) in [6.07, 6.45) is 4.02. The lowest BCUT2D eigenvalue weighted by atomic mass is 10.0. The Bertz CT molecular complexity index is 592. The average Bonchev–Trinajstić information content (AvgIpc) is 2.96. The van der Waals surface area contributed by atoms with Crippen molar-refractivity contribution in [2.45, 2.75) is 19.8 Å². The van der Waals surface area contributed by atoms with E-state index in [0.29, 0.717) is 17.5 Å². The molecule has 2 aromatic heterocycles. The lowest BCUT2D eigenvalue weighted by Gasteiger charge is -2.28. The van der Waals surface area contributed by atoms with Crippen LogP contribution in [0.5, 0.6) is 0 Å². The van der Waals surface area contributed by atoms with Crippen LogP contribution in [0.15, 0.2) is 6.33 Å². The van der Waals surface area contributed by atoms with Gasteiger partial charge in [-0.2, -0.15) is 9.97 Å². The van der Waals surface area contributed by atoms with E-state index in [4.69, 9.17) is 4.74 Å². The van der Waals surface area contributed by atoms with Crippen LogP contribution in [0.1, 0.15) is 19.8 Å². The van der Waals surface area contributed by atoms with Crippen molar-refractivity contribution in [1.82, 2.24) is 19.9 Å². The molecule has 0 radical (unpaired) electrons. The minimum Gasteiger partial charge on any atom is -0.381 e. The number of hydrogen-bond acceptors (Lipinski definition) is 6. The molecule has 114 valence electrons. The maximum absolute atomic E-state index is 5.56. The van der Waals surface area contributed by atoms with E-state index < -0.39 is 0 Å². The van der Waals surface area contributed by atoms with Crippen LogP contribution in [0.3, 0.4) is 0 Å². The minimum atomic E-state index is 0.555. The normalized spacial score (nSPS) is 18.9. The Hall–Kier alpha value is -1.89. The number of ether oxygens (including phenoxy) is 1. The molecular weight excluding hydrogens is 268 g/mol. The Morgan fingerprint density at radius 2 is 2.38 bits per heavy atom. The number of nitrogens with one attached hydrogen (secondary N) is 2. The van der Waals surface area contributed by atoms with Crippen LogP contribution in [0.4, 0.5) is 11.8 Å². The molecule has 1 aliphatic rings. The molecule has 3 rings (SSSR count). The molecule has 1 saturated heterocycles. The van der Waals surface area contributed by atoms with Gasteiger partial charge in [0.05, 0.1) is 12.9 Å². The lowest BCUT2D eigenvalue weighted by Crippen LogP contribution is -2.31. The summed E-state index contributed by atoms with van der Waals surface area (Å²) in [6, 6.07) is 0.